The molecule has 1 saturated heterocycles. The molecule has 0 radical (unpaired) electrons. The minimum Gasteiger partial charge on any atom is -0.451 e. The van der Waals surface area contributed by atoms with E-state index in [1.54, 1.807) is 60.7 Å². The van der Waals surface area contributed by atoms with E-state index in [0.717, 1.165) is 6.55 Å². The van der Waals surface area contributed by atoms with Gasteiger partial charge in [-0.05, 0) is 24.3 Å². The molecule has 0 bridgehead atoms. The molecule has 0 aliphatic carbocycles. The van der Waals surface area contributed by atoms with Crippen molar-refractivity contribution in [2.45, 2.75) is 24.6 Å². The molecule has 6 heteroatoms. The molecule has 1 aliphatic heterocycles. The third kappa shape index (κ3) is 4.24. The number of ether oxygens (including phenoxy) is 4. The normalized spacial score (nSPS) is 25.1. The van der Waals surface area contributed by atoms with Gasteiger partial charge in [0.15, 0.2) is 18.5 Å². The number of benzene rings is 2. The Morgan fingerprint density at radius 2 is 1.48 bits per heavy atom. The zero-order valence-corrected chi connectivity index (χ0v) is 14.7. The van der Waals surface area contributed by atoms with Gasteiger partial charge in [0.05, 0.1) is 12.5 Å². The van der Waals surface area contributed by atoms with E-state index in [4.69, 9.17) is 20.3 Å². The second-order valence-electron chi connectivity index (χ2n) is 5.87. The molecule has 6 nitrogen and oxygen atoms in total. The van der Waals surface area contributed by atoms with Crippen molar-refractivity contribution in [2.24, 2.45) is 0 Å². The fourth-order valence-electron chi connectivity index (χ4n) is 2.78. The molecule has 1 unspecified atom stereocenters. The average molecular weight is 369 g/mol. The summed E-state index contributed by atoms with van der Waals surface area (Å²) in [5, 5.41) is 0. The van der Waals surface area contributed by atoms with Crippen LogP contribution in [0.2, 0.25) is 0 Å². The molecule has 0 amide bonds. The molecule has 140 valence electrons. The Balaban J connectivity index is 1.83. The number of esters is 2. The van der Waals surface area contributed by atoms with Crippen molar-refractivity contribution in [3.63, 3.8) is 0 Å². The van der Waals surface area contributed by atoms with E-state index in [1.807, 2.05) is 0 Å². The van der Waals surface area contributed by atoms with Crippen LogP contribution in [0.3, 0.4) is 0 Å². The van der Waals surface area contributed by atoms with Crippen LogP contribution in [-0.2, 0) is 18.9 Å². The highest BCUT2D eigenvalue weighted by atomic mass is 16.7. The third-order valence-electron chi connectivity index (χ3n) is 4.13. The second-order valence-corrected chi connectivity index (χ2v) is 5.87. The summed E-state index contributed by atoms with van der Waals surface area (Å²) in [6.07, 6.45) is -2.28. The monoisotopic (exact) mass is 369 g/mol. The lowest BCUT2D eigenvalue weighted by molar-refractivity contribution is -0.145. The summed E-state index contributed by atoms with van der Waals surface area (Å²) in [5.41, 5.74) is 0.704. The quantitative estimate of drug-likeness (QED) is 0.576. The lowest BCUT2D eigenvalue weighted by Gasteiger charge is -2.23. The molecule has 0 saturated carbocycles. The number of hydrogen-bond donors (Lipinski definition) is 0. The zero-order chi connectivity index (χ0) is 19.9. The van der Waals surface area contributed by atoms with Crippen molar-refractivity contribution >= 4 is 11.9 Å². The summed E-state index contributed by atoms with van der Waals surface area (Å²) >= 11 is 0. The van der Waals surface area contributed by atoms with Gasteiger partial charge >= 0.3 is 11.9 Å². The molecule has 1 aliphatic rings. The smallest absolute Gasteiger partial charge is 0.338 e. The number of carbonyl (C=O) groups is 2. The van der Waals surface area contributed by atoms with Crippen molar-refractivity contribution in [3.8, 4) is 0 Å². The van der Waals surface area contributed by atoms with E-state index < -0.39 is 36.5 Å². The van der Waals surface area contributed by atoms with Crippen LogP contribution < -0.4 is 0 Å². The van der Waals surface area contributed by atoms with E-state index >= 15 is 0 Å². The van der Waals surface area contributed by atoms with Gasteiger partial charge in [-0.1, -0.05) is 42.5 Å². The van der Waals surface area contributed by atoms with Crippen molar-refractivity contribution in [1.29, 1.82) is 0 Å². The first-order chi connectivity index (χ1) is 13.6. The minimum absolute atomic E-state index is 0.352. The molecule has 2 aromatic carbocycles. The molecule has 2 aromatic rings. The van der Waals surface area contributed by atoms with E-state index in [1.165, 1.54) is 13.2 Å². The molecule has 0 N–H and O–H groups in total. The molecule has 0 spiro atoms. The standard InChI is InChI=1S/C21H20O6/c1-3-16-17(26-19(22)14-10-6-4-7-11-14)18(21(24-2)25-16)27-20(23)15-12-8-5-9-13-15/h3-13,16-18,21H,1H2,2H3/t16-,17-,18-,21?/m1/s1/i1D. The second kappa shape index (κ2) is 8.62. The van der Waals surface area contributed by atoms with Crippen LogP contribution in [0.5, 0.6) is 0 Å². The van der Waals surface area contributed by atoms with Crippen LogP contribution >= 0.6 is 0 Å². The Morgan fingerprint density at radius 1 is 0.963 bits per heavy atom. The van der Waals surface area contributed by atoms with Crippen LogP contribution in [0.4, 0.5) is 0 Å². The van der Waals surface area contributed by atoms with Crippen LogP contribution in [-0.4, -0.2) is 43.7 Å². The third-order valence-corrected chi connectivity index (χ3v) is 4.13. The number of methoxy groups -OCH3 is 1. The first-order valence-corrected chi connectivity index (χ1v) is 8.39. The highest BCUT2D eigenvalue weighted by Gasteiger charge is 2.49. The van der Waals surface area contributed by atoms with Gasteiger partial charge in [0, 0.05) is 7.11 Å². The van der Waals surface area contributed by atoms with Crippen molar-refractivity contribution in [3.05, 3.63) is 84.4 Å². The summed E-state index contributed by atoms with van der Waals surface area (Å²) in [6.45, 7) is 1.03. The summed E-state index contributed by atoms with van der Waals surface area (Å²) in [5.74, 6) is -1.18. The van der Waals surface area contributed by atoms with Crippen LogP contribution in [0.25, 0.3) is 0 Å². The molecular formula is C21H20O6. The topological polar surface area (TPSA) is 71.1 Å². The van der Waals surface area contributed by atoms with Gasteiger partial charge in [0.1, 0.15) is 6.10 Å². The van der Waals surface area contributed by atoms with Crippen LogP contribution in [0.1, 0.15) is 22.1 Å². The Kier molecular flexibility index (Phi) is 5.57. The summed E-state index contributed by atoms with van der Waals surface area (Å²) in [6, 6.07) is 16.9. The maximum atomic E-state index is 12.5. The van der Waals surface area contributed by atoms with Gasteiger partial charge < -0.3 is 18.9 Å². The van der Waals surface area contributed by atoms with Gasteiger partial charge in [0.25, 0.3) is 0 Å². The van der Waals surface area contributed by atoms with Crippen LogP contribution in [0.15, 0.2) is 73.3 Å². The maximum Gasteiger partial charge on any atom is 0.338 e. The minimum atomic E-state index is -0.994. The van der Waals surface area contributed by atoms with Gasteiger partial charge in [-0.15, -0.1) is 6.55 Å². The Morgan fingerprint density at radius 3 is 1.96 bits per heavy atom. The number of hydrogen-bond acceptors (Lipinski definition) is 6. The SMILES string of the molecule is [2H]C=C[C@H]1OC(OC)[C@H](OC(=O)c2ccccc2)[C@@H]1OC(=O)c1ccccc1. The molecule has 4 atom stereocenters. The van der Waals surface area contributed by atoms with Gasteiger partial charge in [-0.3, -0.25) is 0 Å². The Hall–Kier alpha value is -2.96. The van der Waals surface area contributed by atoms with Crippen molar-refractivity contribution in [2.75, 3.05) is 7.11 Å². The zero-order valence-electron chi connectivity index (χ0n) is 15.7. The molecule has 1 heterocycles. The van der Waals surface area contributed by atoms with Gasteiger partial charge in [-0.2, -0.15) is 0 Å². The first-order valence-electron chi connectivity index (χ1n) is 8.97. The largest absolute Gasteiger partial charge is 0.451 e. The number of carbonyl (C=O) groups excluding carboxylic acids is 2. The summed E-state index contributed by atoms with van der Waals surface area (Å²) in [4.78, 5) is 25.0. The molecule has 0 aromatic heterocycles. The maximum absolute atomic E-state index is 12.5. The fourth-order valence-corrected chi connectivity index (χ4v) is 2.78. The molecule has 27 heavy (non-hydrogen) atoms. The van der Waals surface area contributed by atoms with Crippen molar-refractivity contribution < 1.29 is 29.9 Å². The predicted molar refractivity (Wildman–Crippen MR) is 97.2 cm³/mol. The molecule has 1 fully saturated rings. The van der Waals surface area contributed by atoms with Gasteiger partial charge in [0.2, 0.25) is 0 Å². The lowest BCUT2D eigenvalue weighted by atomic mass is 10.1. The highest BCUT2D eigenvalue weighted by Crippen LogP contribution is 2.29. The first kappa shape index (κ1) is 17.5. The predicted octanol–water partition coefficient (Wildman–Crippen LogP) is 2.99. The lowest BCUT2D eigenvalue weighted by Crippen LogP contribution is -2.40. The van der Waals surface area contributed by atoms with Gasteiger partial charge in [-0.25, -0.2) is 9.59 Å². The fraction of sp³-hybridized carbons (Fsp3) is 0.238. The highest BCUT2D eigenvalue weighted by molar-refractivity contribution is 5.90. The Labute approximate surface area is 158 Å². The summed E-state index contributed by atoms with van der Waals surface area (Å²) < 4.78 is 29.4. The molecular weight excluding hydrogens is 348 g/mol. The number of rotatable bonds is 6. The van der Waals surface area contributed by atoms with E-state index in [2.05, 4.69) is 0 Å². The van der Waals surface area contributed by atoms with E-state index in [0.29, 0.717) is 11.1 Å². The van der Waals surface area contributed by atoms with E-state index in [9.17, 15) is 9.59 Å². The summed E-state index contributed by atoms with van der Waals surface area (Å²) in [7, 11) is 1.40. The average Bonchev–Trinajstić information content (AvgIpc) is 3.05. The van der Waals surface area contributed by atoms with Crippen molar-refractivity contribution in [1.82, 2.24) is 0 Å². The van der Waals surface area contributed by atoms with E-state index in [-0.39, 0.29) is 0 Å². The Bertz CT molecular complexity index is 823. The molecule has 3 rings (SSSR count). The van der Waals surface area contributed by atoms with Crippen LogP contribution in [0, 0.1) is 0 Å².